The molecule has 0 fully saturated rings. The van der Waals surface area contributed by atoms with Gasteiger partial charge in [0.2, 0.25) is 0 Å². The molecule has 0 aliphatic rings. The van der Waals surface area contributed by atoms with E-state index in [2.05, 4.69) is 5.32 Å². The van der Waals surface area contributed by atoms with Gasteiger partial charge in [-0.15, -0.1) is 0 Å². The maximum Gasteiger partial charge on any atom is 0.257 e. The zero-order chi connectivity index (χ0) is 15.3. The van der Waals surface area contributed by atoms with Gasteiger partial charge in [-0.3, -0.25) is 4.79 Å². The summed E-state index contributed by atoms with van der Waals surface area (Å²) >= 11 is 0. The van der Waals surface area contributed by atoms with Crippen molar-refractivity contribution in [2.75, 3.05) is 19.8 Å². The number of hydrogen-bond donors (Lipinski definition) is 2. The van der Waals surface area contributed by atoms with Gasteiger partial charge in [-0.05, 0) is 19.1 Å². The molecule has 0 saturated heterocycles. The third-order valence-electron chi connectivity index (χ3n) is 2.74. The minimum absolute atomic E-state index is 0.0973. The molecule has 0 aromatic heterocycles. The van der Waals surface area contributed by atoms with Gasteiger partial charge in [-0.2, -0.15) is 0 Å². The summed E-state index contributed by atoms with van der Waals surface area (Å²) < 4.78 is 32.6. The molecule has 2 N–H and O–H groups in total. The van der Waals surface area contributed by atoms with E-state index in [1.54, 1.807) is 20.8 Å². The summed E-state index contributed by atoms with van der Waals surface area (Å²) in [4.78, 5) is 11.9. The molecule has 0 atom stereocenters. The van der Waals surface area contributed by atoms with E-state index in [0.717, 1.165) is 12.1 Å². The van der Waals surface area contributed by atoms with Gasteiger partial charge >= 0.3 is 0 Å². The Kier molecular flexibility index (Phi) is 5.44. The lowest BCUT2D eigenvalue weighted by molar-refractivity contribution is 0.0901. The van der Waals surface area contributed by atoms with Crippen LogP contribution in [0.2, 0.25) is 0 Å². The van der Waals surface area contributed by atoms with Gasteiger partial charge in [-0.1, -0.05) is 13.8 Å². The van der Waals surface area contributed by atoms with Crippen LogP contribution in [-0.4, -0.2) is 30.8 Å². The zero-order valence-corrected chi connectivity index (χ0v) is 11.8. The van der Waals surface area contributed by atoms with Crippen LogP contribution in [0.3, 0.4) is 0 Å². The van der Waals surface area contributed by atoms with Crippen molar-refractivity contribution >= 4 is 5.91 Å². The predicted molar refractivity (Wildman–Crippen MR) is 70.7 cm³/mol. The summed E-state index contributed by atoms with van der Waals surface area (Å²) in [5.74, 6) is -3.01. The van der Waals surface area contributed by atoms with Crippen LogP contribution in [-0.2, 0) is 0 Å². The van der Waals surface area contributed by atoms with Gasteiger partial charge in [0.1, 0.15) is 11.4 Å². The first-order valence-electron chi connectivity index (χ1n) is 6.32. The first-order chi connectivity index (χ1) is 9.32. The van der Waals surface area contributed by atoms with E-state index in [4.69, 9.17) is 9.84 Å². The lowest BCUT2D eigenvalue weighted by Crippen LogP contribution is -2.36. The number of aliphatic hydroxyl groups is 1. The van der Waals surface area contributed by atoms with E-state index >= 15 is 0 Å². The molecule has 112 valence electrons. The Balaban J connectivity index is 2.95. The Morgan fingerprint density at radius 3 is 2.60 bits per heavy atom. The Morgan fingerprint density at radius 1 is 1.40 bits per heavy atom. The second-order valence-corrected chi connectivity index (χ2v) is 5.17. The number of rotatable bonds is 6. The van der Waals surface area contributed by atoms with Crippen LogP contribution in [0.1, 0.15) is 31.1 Å². The largest absolute Gasteiger partial charge is 0.491 e. The van der Waals surface area contributed by atoms with Crippen molar-refractivity contribution < 1.29 is 23.4 Å². The van der Waals surface area contributed by atoms with E-state index in [9.17, 15) is 13.6 Å². The summed E-state index contributed by atoms with van der Waals surface area (Å²) in [6.07, 6.45) is 0. The Morgan fingerprint density at radius 2 is 2.05 bits per heavy atom. The molecule has 0 unspecified atom stereocenters. The molecule has 6 heteroatoms. The molecule has 0 spiro atoms. The normalized spacial score (nSPS) is 11.3. The highest BCUT2D eigenvalue weighted by Crippen LogP contribution is 2.23. The van der Waals surface area contributed by atoms with Crippen LogP contribution in [0.4, 0.5) is 8.78 Å². The minimum atomic E-state index is -1.02. The summed E-state index contributed by atoms with van der Waals surface area (Å²) in [5, 5.41) is 11.5. The van der Waals surface area contributed by atoms with Crippen molar-refractivity contribution in [2.45, 2.75) is 20.8 Å². The first kappa shape index (κ1) is 16.4. The standard InChI is InChI=1S/C14H19F2NO3/c1-4-20-10-6-5-9(15)11(12(10)16)13(19)17-7-14(2,3)8-18/h5-6,18H,4,7-8H2,1-3H3,(H,17,19). The van der Waals surface area contributed by atoms with Gasteiger partial charge in [0.15, 0.2) is 11.6 Å². The number of carbonyl (C=O) groups excluding carboxylic acids is 1. The fourth-order valence-electron chi connectivity index (χ4n) is 1.47. The molecule has 4 nitrogen and oxygen atoms in total. The number of aliphatic hydroxyl groups excluding tert-OH is 1. The maximum absolute atomic E-state index is 14.0. The molecule has 0 radical (unpaired) electrons. The Bertz CT molecular complexity index is 490. The molecule has 0 heterocycles. The highest BCUT2D eigenvalue weighted by molar-refractivity contribution is 5.95. The number of benzene rings is 1. The number of amides is 1. The third-order valence-corrected chi connectivity index (χ3v) is 2.74. The van der Waals surface area contributed by atoms with Crippen molar-refractivity contribution in [1.29, 1.82) is 0 Å². The molecular formula is C14H19F2NO3. The zero-order valence-electron chi connectivity index (χ0n) is 11.8. The topological polar surface area (TPSA) is 58.6 Å². The number of ether oxygens (including phenoxy) is 1. The van der Waals surface area contributed by atoms with E-state index in [-0.39, 0.29) is 25.5 Å². The third kappa shape index (κ3) is 3.90. The SMILES string of the molecule is CCOc1ccc(F)c(C(=O)NCC(C)(C)CO)c1F. The van der Waals surface area contributed by atoms with Gasteiger partial charge in [0.05, 0.1) is 6.61 Å². The summed E-state index contributed by atoms with van der Waals surface area (Å²) in [7, 11) is 0. The van der Waals surface area contributed by atoms with Crippen LogP contribution in [0.5, 0.6) is 5.75 Å². The van der Waals surface area contributed by atoms with E-state index in [1.807, 2.05) is 0 Å². The minimum Gasteiger partial charge on any atom is -0.491 e. The van der Waals surface area contributed by atoms with Crippen molar-refractivity contribution in [2.24, 2.45) is 5.41 Å². The van der Waals surface area contributed by atoms with Crippen LogP contribution in [0.15, 0.2) is 12.1 Å². The van der Waals surface area contributed by atoms with Crippen LogP contribution in [0.25, 0.3) is 0 Å². The number of hydrogen-bond acceptors (Lipinski definition) is 3. The lowest BCUT2D eigenvalue weighted by atomic mass is 9.95. The Labute approximate surface area is 116 Å². The highest BCUT2D eigenvalue weighted by Gasteiger charge is 2.24. The second-order valence-electron chi connectivity index (χ2n) is 5.17. The molecule has 0 aliphatic carbocycles. The van der Waals surface area contributed by atoms with E-state index in [1.165, 1.54) is 0 Å². The summed E-state index contributed by atoms with van der Waals surface area (Å²) in [6, 6.07) is 2.13. The van der Waals surface area contributed by atoms with Gasteiger partial charge in [0, 0.05) is 18.6 Å². The van der Waals surface area contributed by atoms with Gasteiger partial charge in [0.25, 0.3) is 5.91 Å². The molecule has 0 saturated carbocycles. The van der Waals surface area contributed by atoms with E-state index in [0.29, 0.717) is 0 Å². The fourth-order valence-corrected chi connectivity index (χ4v) is 1.47. The van der Waals surface area contributed by atoms with Crippen LogP contribution in [0, 0.1) is 17.0 Å². The average Bonchev–Trinajstić information content (AvgIpc) is 2.40. The van der Waals surface area contributed by atoms with Crippen LogP contribution >= 0.6 is 0 Å². The molecule has 20 heavy (non-hydrogen) atoms. The molecule has 1 aromatic carbocycles. The quantitative estimate of drug-likeness (QED) is 0.842. The summed E-state index contributed by atoms with van der Waals surface area (Å²) in [6.45, 7) is 5.25. The highest BCUT2D eigenvalue weighted by atomic mass is 19.1. The smallest absolute Gasteiger partial charge is 0.257 e. The molecule has 1 amide bonds. The Hall–Kier alpha value is -1.69. The summed E-state index contributed by atoms with van der Waals surface area (Å²) in [5.41, 5.74) is -1.25. The van der Waals surface area contributed by atoms with Gasteiger partial charge in [-0.25, -0.2) is 8.78 Å². The monoisotopic (exact) mass is 287 g/mol. The number of nitrogens with one attached hydrogen (secondary N) is 1. The van der Waals surface area contributed by atoms with E-state index < -0.39 is 28.5 Å². The molecule has 0 aliphatic heterocycles. The maximum atomic E-state index is 14.0. The lowest BCUT2D eigenvalue weighted by Gasteiger charge is -2.22. The molecule has 1 rings (SSSR count). The van der Waals surface area contributed by atoms with Crippen molar-refractivity contribution in [1.82, 2.24) is 5.32 Å². The first-order valence-corrected chi connectivity index (χ1v) is 6.32. The van der Waals surface area contributed by atoms with Crippen LogP contribution < -0.4 is 10.1 Å². The average molecular weight is 287 g/mol. The fraction of sp³-hybridized carbons (Fsp3) is 0.500. The predicted octanol–water partition coefficient (Wildman–Crippen LogP) is 2.11. The van der Waals surface area contributed by atoms with Crippen molar-refractivity contribution in [3.63, 3.8) is 0 Å². The molecular weight excluding hydrogens is 268 g/mol. The van der Waals surface area contributed by atoms with Gasteiger partial charge < -0.3 is 15.2 Å². The second kappa shape index (κ2) is 6.65. The van der Waals surface area contributed by atoms with Crippen molar-refractivity contribution in [3.8, 4) is 5.75 Å². The number of halogens is 2. The molecule has 0 bridgehead atoms. The van der Waals surface area contributed by atoms with Crippen molar-refractivity contribution in [3.05, 3.63) is 29.3 Å². The molecule has 1 aromatic rings. The number of carbonyl (C=O) groups is 1.